The maximum Gasteiger partial charge on any atom is 0.212 e. The highest BCUT2D eigenvalue weighted by Gasteiger charge is 2.13. The van der Waals surface area contributed by atoms with Gasteiger partial charge in [0.25, 0.3) is 0 Å². The number of nitriles is 1. The van der Waals surface area contributed by atoms with E-state index in [0.717, 1.165) is 0 Å². The Balaban J connectivity index is 2.00. The van der Waals surface area contributed by atoms with Gasteiger partial charge in [0.1, 0.15) is 29.8 Å². The molecular formula is C17H16FN5O2S. The number of ether oxygens (including phenoxy) is 1. The van der Waals surface area contributed by atoms with Gasteiger partial charge in [-0.25, -0.2) is 14.3 Å². The third-order valence-corrected chi connectivity index (χ3v) is 4.28. The Bertz CT molecular complexity index is 1100. The molecule has 3 aromatic heterocycles. The lowest BCUT2D eigenvalue weighted by Gasteiger charge is -2.11. The van der Waals surface area contributed by atoms with Gasteiger partial charge in [-0.2, -0.15) is 9.65 Å². The molecule has 0 aliphatic carbocycles. The van der Waals surface area contributed by atoms with Crippen LogP contribution in [0.3, 0.4) is 0 Å². The van der Waals surface area contributed by atoms with Crippen LogP contribution in [0.5, 0.6) is 5.75 Å². The first-order valence-electron chi connectivity index (χ1n) is 7.66. The molecule has 0 saturated carbocycles. The molecule has 0 N–H and O–H groups in total. The molecule has 0 atom stereocenters. The predicted octanol–water partition coefficient (Wildman–Crippen LogP) is 2.51. The van der Waals surface area contributed by atoms with Crippen LogP contribution in [0.15, 0.2) is 41.0 Å². The van der Waals surface area contributed by atoms with Gasteiger partial charge in [0.05, 0.1) is 18.4 Å². The van der Waals surface area contributed by atoms with Gasteiger partial charge < -0.3 is 4.74 Å². The topological polar surface area (TPSA) is 92.6 Å². The van der Waals surface area contributed by atoms with E-state index in [1.807, 2.05) is 0 Å². The Morgan fingerprint density at radius 3 is 2.77 bits per heavy atom. The van der Waals surface area contributed by atoms with Gasteiger partial charge in [-0.3, -0.25) is 8.61 Å². The molecule has 0 aliphatic rings. The van der Waals surface area contributed by atoms with Gasteiger partial charge in [-0.15, -0.1) is 0 Å². The number of rotatable bonds is 5. The molecule has 0 fully saturated rings. The summed E-state index contributed by atoms with van der Waals surface area (Å²) in [5.74, 6) is -0.0753. The lowest BCUT2D eigenvalue weighted by molar-refractivity contribution is 0.329. The lowest BCUT2D eigenvalue weighted by atomic mass is 10.1. The van der Waals surface area contributed by atoms with Crippen molar-refractivity contribution in [1.29, 1.82) is 5.26 Å². The number of pyridine rings is 2. The first-order valence-corrected chi connectivity index (χ1v) is 10.00. The van der Waals surface area contributed by atoms with Crippen LogP contribution in [0, 0.1) is 17.3 Å². The van der Waals surface area contributed by atoms with Crippen LogP contribution in [-0.4, -0.2) is 44.2 Å². The van der Waals surface area contributed by atoms with Crippen LogP contribution in [-0.2, 0) is 9.73 Å². The molecule has 3 rings (SSSR count). The second-order valence-electron chi connectivity index (χ2n) is 5.78. The van der Waals surface area contributed by atoms with E-state index in [-0.39, 0.29) is 6.61 Å². The molecule has 9 heteroatoms. The summed E-state index contributed by atoms with van der Waals surface area (Å²) >= 11 is 0. The fourth-order valence-corrected chi connectivity index (χ4v) is 2.93. The fraction of sp³-hybridized carbons (Fsp3) is 0.235. The molecule has 0 aliphatic heterocycles. The van der Waals surface area contributed by atoms with E-state index in [9.17, 15) is 13.9 Å². The molecular weight excluding hydrogens is 357 g/mol. The molecule has 0 amide bonds. The quantitative estimate of drug-likeness (QED) is 0.506. The molecule has 0 aromatic carbocycles. The van der Waals surface area contributed by atoms with Crippen LogP contribution in [0.4, 0.5) is 4.39 Å². The number of hydrogen-bond acceptors (Lipinski definition) is 6. The second kappa shape index (κ2) is 7.09. The summed E-state index contributed by atoms with van der Waals surface area (Å²) in [6.45, 7) is 0.546. The fourth-order valence-electron chi connectivity index (χ4n) is 2.41. The molecule has 0 radical (unpaired) electrons. The van der Waals surface area contributed by atoms with Gasteiger partial charge in [0, 0.05) is 46.1 Å². The Labute approximate surface area is 150 Å². The van der Waals surface area contributed by atoms with Crippen molar-refractivity contribution < 1.29 is 13.3 Å². The van der Waals surface area contributed by atoms with Crippen molar-refractivity contribution in [2.75, 3.05) is 25.7 Å². The zero-order valence-corrected chi connectivity index (χ0v) is 15.0. The van der Waals surface area contributed by atoms with E-state index in [4.69, 9.17) is 4.74 Å². The minimum absolute atomic E-state index is 0.252. The van der Waals surface area contributed by atoms with Gasteiger partial charge in [0.15, 0.2) is 0 Å². The molecule has 134 valence electrons. The lowest BCUT2D eigenvalue weighted by Crippen LogP contribution is -2.05. The highest BCUT2D eigenvalue weighted by molar-refractivity contribution is 7.92. The van der Waals surface area contributed by atoms with Crippen LogP contribution >= 0.6 is 0 Å². The monoisotopic (exact) mass is 373 g/mol. The van der Waals surface area contributed by atoms with Crippen molar-refractivity contribution in [2.24, 2.45) is 4.36 Å². The first kappa shape index (κ1) is 17.8. The van der Waals surface area contributed by atoms with Gasteiger partial charge in [-0.1, -0.05) is 0 Å². The summed E-state index contributed by atoms with van der Waals surface area (Å²) in [6, 6.07) is 8.31. The van der Waals surface area contributed by atoms with Crippen LogP contribution in [0.1, 0.15) is 5.69 Å². The van der Waals surface area contributed by atoms with E-state index in [0.29, 0.717) is 34.9 Å². The second-order valence-corrected chi connectivity index (χ2v) is 8.40. The molecule has 0 spiro atoms. The summed E-state index contributed by atoms with van der Waals surface area (Å²) in [6.07, 6.45) is 5.96. The number of nitrogens with zero attached hydrogens (tertiary/aromatic N) is 5. The van der Waals surface area contributed by atoms with Gasteiger partial charge >= 0.3 is 0 Å². The first-order chi connectivity index (χ1) is 12.4. The number of fused-ring (bicyclic) bond motifs is 1. The van der Waals surface area contributed by atoms with E-state index in [1.54, 1.807) is 35.1 Å². The molecule has 0 saturated heterocycles. The number of hydrogen-bond donors (Lipinski definition) is 0. The van der Waals surface area contributed by atoms with Crippen LogP contribution < -0.4 is 4.74 Å². The maximum absolute atomic E-state index is 13.1. The van der Waals surface area contributed by atoms with Crippen molar-refractivity contribution >= 4 is 15.4 Å². The average Bonchev–Trinajstić information content (AvgIpc) is 3.01. The van der Waals surface area contributed by atoms with Crippen LogP contribution in [0.2, 0.25) is 0 Å². The Morgan fingerprint density at radius 1 is 1.31 bits per heavy atom. The molecule has 3 heterocycles. The van der Waals surface area contributed by atoms with Crippen molar-refractivity contribution in [3.05, 3.63) is 48.3 Å². The summed E-state index contributed by atoms with van der Waals surface area (Å²) in [4.78, 5) is 7.88. The number of imidazole rings is 1. The van der Waals surface area contributed by atoms with Crippen molar-refractivity contribution in [3.8, 4) is 23.1 Å². The molecule has 7 nitrogen and oxygen atoms in total. The number of aromatic nitrogens is 3. The summed E-state index contributed by atoms with van der Waals surface area (Å²) in [5, 5.41) is 9.30. The Hall–Kier alpha value is -2.99. The molecule has 0 bridgehead atoms. The number of halogens is 1. The zero-order valence-electron chi connectivity index (χ0n) is 14.2. The van der Waals surface area contributed by atoms with Gasteiger partial charge in [0.2, 0.25) is 5.95 Å². The molecule has 26 heavy (non-hydrogen) atoms. The minimum atomic E-state index is -2.17. The standard InChI is InChI=1S/C17H16FN5O2S/c1-26(2,24)22-5-6-25-14-7-15(12-3-4-16(18)20-10-12)23-13(9-19)11-21-17(23)8-14/h3-4,7-8,10-11H,5-6H2,1-2H3. The highest BCUT2D eigenvalue weighted by atomic mass is 32.2. The Kier molecular flexibility index (Phi) is 4.86. The molecule has 0 unspecified atom stereocenters. The maximum atomic E-state index is 13.1. The smallest absolute Gasteiger partial charge is 0.212 e. The van der Waals surface area contributed by atoms with Crippen molar-refractivity contribution in [3.63, 3.8) is 0 Å². The third kappa shape index (κ3) is 3.97. The van der Waals surface area contributed by atoms with Crippen molar-refractivity contribution in [2.45, 2.75) is 0 Å². The largest absolute Gasteiger partial charge is 0.491 e. The highest BCUT2D eigenvalue weighted by Crippen LogP contribution is 2.27. The zero-order chi connectivity index (χ0) is 18.7. The molecule has 3 aromatic rings. The van der Waals surface area contributed by atoms with Crippen LogP contribution in [0.25, 0.3) is 16.9 Å². The predicted molar refractivity (Wildman–Crippen MR) is 95.9 cm³/mol. The SMILES string of the molecule is CS(C)(=O)=NCCOc1cc(-c2ccc(F)nc2)n2c(C#N)cnc2c1. The Morgan fingerprint density at radius 2 is 2.12 bits per heavy atom. The van der Waals surface area contributed by atoms with E-state index in [1.165, 1.54) is 18.5 Å². The third-order valence-electron chi connectivity index (χ3n) is 3.48. The normalized spacial score (nSPS) is 11.3. The summed E-state index contributed by atoms with van der Waals surface area (Å²) in [5.41, 5.74) is 2.08. The summed E-state index contributed by atoms with van der Waals surface area (Å²) < 4.78 is 36.1. The van der Waals surface area contributed by atoms with Gasteiger partial charge in [-0.05, 0) is 12.1 Å². The average molecular weight is 373 g/mol. The van der Waals surface area contributed by atoms with E-state index < -0.39 is 15.7 Å². The summed E-state index contributed by atoms with van der Waals surface area (Å²) in [7, 11) is -2.17. The van der Waals surface area contributed by atoms with Crippen molar-refractivity contribution in [1.82, 2.24) is 14.4 Å². The van der Waals surface area contributed by atoms with E-state index in [2.05, 4.69) is 20.4 Å². The minimum Gasteiger partial charge on any atom is -0.491 e. The van der Waals surface area contributed by atoms with E-state index >= 15 is 0 Å².